The number of halogens is 3. The Morgan fingerprint density at radius 3 is 2.30 bits per heavy atom. The molecule has 0 atom stereocenters. The van der Waals surface area contributed by atoms with E-state index in [1.54, 1.807) is 12.1 Å². The monoisotopic (exact) mass is 420 g/mol. The van der Waals surface area contributed by atoms with Gasteiger partial charge in [0.05, 0.1) is 13.2 Å². The smallest absolute Gasteiger partial charge is 0.195 e. The van der Waals surface area contributed by atoms with Crippen molar-refractivity contribution in [3.63, 3.8) is 0 Å². The highest BCUT2D eigenvalue weighted by molar-refractivity contribution is 5.84. The van der Waals surface area contributed by atoms with Gasteiger partial charge in [-0.25, -0.2) is 13.2 Å². The van der Waals surface area contributed by atoms with Crippen LogP contribution in [0.25, 0.3) is 10.8 Å². The predicted molar refractivity (Wildman–Crippen MR) is 112 cm³/mol. The van der Waals surface area contributed by atoms with Crippen LogP contribution in [-0.2, 0) is 9.47 Å². The summed E-state index contributed by atoms with van der Waals surface area (Å²) in [5.74, 6) is -1.85. The van der Waals surface area contributed by atoms with E-state index in [0.717, 1.165) is 12.0 Å². The summed E-state index contributed by atoms with van der Waals surface area (Å²) in [5.41, 5.74) is 0.700. The van der Waals surface area contributed by atoms with E-state index in [0.29, 0.717) is 36.0 Å². The van der Waals surface area contributed by atoms with Crippen LogP contribution in [0, 0.1) is 35.2 Å². The van der Waals surface area contributed by atoms with Crippen molar-refractivity contribution >= 4 is 10.8 Å². The van der Waals surface area contributed by atoms with Gasteiger partial charge in [0, 0.05) is 16.9 Å². The zero-order valence-electron chi connectivity index (χ0n) is 17.6. The molecule has 0 amide bonds. The van der Waals surface area contributed by atoms with Crippen LogP contribution in [-0.4, -0.2) is 13.2 Å². The Balaban J connectivity index is 1.32. The van der Waals surface area contributed by atoms with E-state index in [2.05, 4.69) is 6.92 Å². The van der Waals surface area contributed by atoms with Gasteiger partial charge in [-0.2, -0.15) is 0 Å². The molecule has 2 nitrogen and oxygen atoms in total. The molecule has 2 fully saturated rings. The molecule has 4 rings (SSSR count). The van der Waals surface area contributed by atoms with Gasteiger partial charge >= 0.3 is 0 Å². The van der Waals surface area contributed by atoms with Gasteiger partial charge in [-0.15, -0.1) is 0 Å². The molecule has 1 saturated heterocycles. The standard InChI is InChI=1S/C25H31F3O2/c1-2-3-4-5-16-6-8-17(9-7-16)20-14-29-25(30-15-20)18-10-11-21-19(12-18)13-22(26)24(28)23(21)27/h10-13,16-17,20,25H,2-9,14-15H2,1H3. The first-order chi connectivity index (χ1) is 14.6. The molecule has 5 heteroatoms. The summed E-state index contributed by atoms with van der Waals surface area (Å²) < 4.78 is 52.9. The topological polar surface area (TPSA) is 18.5 Å². The molecule has 0 aromatic heterocycles. The van der Waals surface area contributed by atoms with Crippen molar-refractivity contribution in [2.45, 2.75) is 64.6 Å². The summed E-state index contributed by atoms with van der Waals surface area (Å²) in [7, 11) is 0. The molecular weight excluding hydrogens is 389 g/mol. The number of unbranched alkanes of at least 4 members (excludes halogenated alkanes) is 2. The van der Waals surface area contributed by atoms with Crippen LogP contribution < -0.4 is 0 Å². The van der Waals surface area contributed by atoms with Crippen molar-refractivity contribution < 1.29 is 22.6 Å². The molecule has 1 saturated carbocycles. The van der Waals surface area contributed by atoms with Crippen LogP contribution >= 0.6 is 0 Å². The van der Waals surface area contributed by atoms with Gasteiger partial charge in [0.25, 0.3) is 0 Å². The van der Waals surface area contributed by atoms with Gasteiger partial charge in [0.15, 0.2) is 23.7 Å². The second-order valence-electron chi connectivity index (χ2n) is 9.00. The highest BCUT2D eigenvalue weighted by atomic mass is 19.2. The lowest BCUT2D eigenvalue weighted by Crippen LogP contribution is -2.34. The number of ether oxygens (including phenoxy) is 2. The molecule has 164 valence electrons. The Bertz CT molecular complexity index is 853. The van der Waals surface area contributed by atoms with Gasteiger partial charge < -0.3 is 9.47 Å². The maximum atomic E-state index is 13.9. The quantitative estimate of drug-likeness (QED) is 0.360. The Labute approximate surface area is 176 Å². The van der Waals surface area contributed by atoms with E-state index in [1.807, 2.05) is 0 Å². The summed E-state index contributed by atoms with van der Waals surface area (Å²) in [5, 5.41) is 0.363. The lowest BCUT2D eigenvalue weighted by Gasteiger charge is -2.38. The maximum absolute atomic E-state index is 13.9. The van der Waals surface area contributed by atoms with E-state index in [-0.39, 0.29) is 5.39 Å². The van der Waals surface area contributed by atoms with Crippen molar-refractivity contribution in [3.05, 3.63) is 47.3 Å². The fourth-order valence-corrected chi connectivity index (χ4v) is 5.08. The van der Waals surface area contributed by atoms with Gasteiger partial charge in [-0.05, 0) is 42.2 Å². The number of rotatable bonds is 6. The minimum absolute atomic E-state index is 0.0574. The van der Waals surface area contributed by atoms with Crippen molar-refractivity contribution in [1.29, 1.82) is 0 Å². The summed E-state index contributed by atoms with van der Waals surface area (Å²) >= 11 is 0. The molecular formula is C25H31F3O2. The summed E-state index contributed by atoms with van der Waals surface area (Å²) in [6.07, 6.45) is 9.92. The van der Waals surface area contributed by atoms with Gasteiger partial charge in [-0.3, -0.25) is 0 Å². The van der Waals surface area contributed by atoms with Crippen LogP contribution in [0.2, 0.25) is 0 Å². The molecule has 1 heterocycles. The first-order valence-corrected chi connectivity index (χ1v) is 11.4. The lowest BCUT2D eigenvalue weighted by molar-refractivity contribution is -0.214. The average Bonchev–Trinajstić information content (AvgIpc) is 2.78. The molecule has 0 radical (unpaired) electrons. The zero-order chi connectivity index (χ0) is 21.1. The molecule has 0 spiro atoms. The molecule has 2 aromatic carbocycles. The second-order valence-corrected chi connectivity index (χ2v) is 9.00. The molecule has 0 bridgehead atoms. The number of hydrogen-bond donors (Lipinski definition) is 0. The molecule has 1 aliphatic carbocycles. The SMILES string of the molecule is CCCCCC1CCC(C2COC(c3ccc4c(F)c(F)c(F)cc4c3)OC2)CC1. The predicted octanol–water partition coefficient (Wildman–Crippen LogP) is 7.31. The minimum Gasteiger partial charge on any atom is -0.348 e. The third-order valence-corrected chi connectivity index (χ3v) is 6.97. The normalized spacial score (nSPS) is 27.5. The third kappa shape index (κ3) is 4.67. The molecule has 30 heavy (non-hydrogen) atoms. The number of fused-ring (bicyclic) bond motifs is 1. The summed E-state index contributed by atoms with van der Waals surface area (Å²) in [4.78, 5) is 0. The van der Waals surface area contributed by atoms with E-state index in [9.17, 15) is 13.2 Å². The van der Waals surface area contributed by atoms with Crippen molar-refractivity contribution in [3.8, 4) is 0 Å². The maximum Gasteiger partial charge on any atom is 0.195 e. The summed E-state index contributed by atoms with van der Waals surface area (Å²) in [6, 6.07) is 5.76. The van der Waals surface area contributed by atoms with E-state index in [1.165, 1.54) is 57.4 Å². The van der Waals surface area contributed by atoms with Gasteiger partial charge in [0.1, 0.15) is 0 Å². The molecule has 2 aliphatic rings. The summed E-state index contributed by atoms with van der Waals surface area (Å²) in [6.45, 7) is 3.53. The highest BCUT2D eigenvalue weighted by Crippen LogP contribution is 2.39. The minimum atomic E-state index is -1.44. The Morgan fingerprint density at radius 1 is 0.867 bits per heavy atom. The van der Waals surface area contributed by atoms with Crippen LogP contribution in [0.4, 0.5) is 13.2 Å². The fourth-order valence-electron chi connectivity index (χ4n) is 5.08. The van der Waals surface area contributed by atoms with E-state index < -0.39 is 23.7 Å². The van der Waals surface area contributed by atoms with Crippen LogP contribution in [0.5, 0.6) is 0 Å². The molecule has 0 N–H and O–H groups in total. The van der Waals surface area contributed by atoms with Crippen molar-refractivity contribution in [1.82, 2.24) is 0 Å². The number of hydrogen-bond acceptors (Lipinski definition) is 2. The zero-order valence-corrected chi connectivity index (χ0v) is 17.6. The average molecular weight is 421 g/mol. The van der Waals surface area contributed by atoms with E-state index in [4.69, 9.17) is 9.47 Å². The Hall–Kier alpha value is -1.59. The first-order valence-electron chi connectivity index (χ1n) is 11.4. The molecule has 0 unspecified atom stereocenters. The highest BCUT2D eigenvalue weighted by Gasteiger charge is 2.32. The molecule has 1 aliphatic heterocycles. The van der Waals surface area contributed by atoms with Crippen molar-refractivity contribution in [2.75, 3.05) is 13.2 Å². The largest absolute Gasteiger partial charge is 0.348 e. The van der Waals surface area contributed by atoms with Crippen LogP contribution in [0.3, 0.4) is 0 Å². The second kappa shape index (κ2) is 9.69. The Morgan fingerprint density at radius 2 is 1.60 bits per heavy atom. The number of benzene rings is 2. The third-order valence-electron chi connectivity index (χ3n) is 6.97. The lowest BCUT2D eigenvalue weighted by atomic mass is 9.74. The fraction of sp³-hybridized carbons (Fsp3) is 0.600. The van der Waals surface area contributed by atoms with Crippen LogP contribution in [0.1, 0.15) is 70.1 Å². The van der Waals surface area contributed by atoms with Crippen LogP contribution in [0.15, 0.2) is 24.3 Å². The van der Waals surface area contributed by atoms with Gasteiger partial charge in [0.2, 0.25) is 0 Å². The Kier molecular flexibility index (Phi) is 6.99. The first kappa shape index (κ1) is 21.6. The van der Waals surface area contributed by atoms with Crippen molar-refractivity contribution in [2.24, 2.45) is 17.8 Å². The molecule has 2 aromatic rings. The van der Waals surface area contributed by atoms with Gasteiger partial charge in [-0.1, -0.05) is 57.6 Å². The van der Waals surface area contributed by atoms with E-state index >= 15 is 0 Å².